The molecule has 0 saturated carbocycles. The van der Waals surface area contributed by atoms with Gasteiger partial charge in [0.25, 0.3) is 0 Å². The lowest BCUT2D eigenvalue weighted by Gasteiger charge is -2.38. The maximum atomic E-state index is 6.23. The van der Waals surface area contributed by atoms with Crippen LogP contribution in [0.2, 0.25) is 0 Å². The molecule has 1 saturated heterocycles. The van der Waals surface area contributed by atoms with Crippen LogP contribution in [-0.4, -0.2) is 36.2 Å². The van der Waals surface area contributed by atoms with E-state index in [1.165, 1.54) is 30.6 Å². The number of benzene rings is 1. The Kier molecular flexibility index (Phi) is 3.63. The number of likely N-dealkylation sites (tertiary alicyclic amines) is 1. The van der Waals surface area contributed by atoms with Crippen molar-refractivity contribution in [2.45, 2.75) is 51.6 Å². The molecule has 1 unspecified atom stereocenters. The summed E-state index contributed by atoms with van der Waals surface area (Å²) in [6.45, 7) is 9.95. The van der Waals surface area contributed by atoms with E-state index in [-0.39, 0.29) is 5.54 Å². The van der Waals surface area contributed by atoms with Gasteiger partial charge in [0.2, 0.25) is 0 Å². The van der Waals surface area contributed by atoms with Crippen LogP contribution < -0.4 is 10.1 Å². The zero-order valence-electron chi connectivity index (χ0n) is 12.9. The van der Waals surface area contributed by atoms with Gasteiger partial charge < -0.3 is 10.1 Å². The maximum absolute atomic E-state index is 6.23. The lowest BCUT2D eigenvalue weighted by Crippen LogP contribution is -2.49. The van der Waals surface area contributed by atoms with E-state index >= 15 is 0 Å². The Labute approximate surface area is 122 Å². The number of hydrogen-bond acceptors (Lipinski definition) is 3. The molecule has 0 bridgehead atoms. The first-order chi connectivity index (χ1) is 9.60. The second-order valence-electron chi connectivity index (χ2n) is 6.64. The average molecular weight is 274 g/mol. The lowest BCUT2D eigenvalue weighted by molar-refractivity contribution is 0.0661. The van der Waals surface area contributed by atoms with Crippen molar-refractivity contribution in [3.63, 3.8) is 0 Å². The molecule has 20 heavy (non-hydrogen) atoms. The Morgan fingerprint density at radius 3 is 3.05 bits per heavy atom. The highest BCUT2D eigenvalue weighted by Gasteiger charge is 2.38. The summed E-state index contributed by atoms with van der Waals surface area (Å²) in [6.07, 6.45) is 3.60. The molecule has 2 heterocycles. The molecule has 3 rings (SSSR count). The quantitative estimate of drug-likeness (QED) is 0.911. The van der Waals surface area contributed by atoms with E-state index in [1.807, 2.05) is 0 Å². The van der Waals surface area contributed by atoms with E-state index in [2.05, 4.69) is 49.2 Å². The Hall–Kier alpha value is -1.22. The minimum absolute atomic E-state index is 0.183. The number of fused-ring (bicyclic) bond motifs is 1. The van der Waals surface area contributed by atoms with Crippen LogP contribution in [0.5, 0.6) is 5.75 Å². The van der Waals surface area contributed by atoms with Gasteiger partial charge in [0.05, 0.1) is 5.54 Å². The van der Waals surface area contributed by atoms with Crippen molar-refractivity contribution in [2.75, 3.05) is 25.0 Å². The molecule has 1 aromatic carbocycles. The normalized spacial score (nSPS) is 25.8. The average Bonchev–Trinajstić information content (AvgIpc) is 3.03. The zero-order chi connectivity index (χ0) is 14.2. The van der Waals surface area contributed by atoms with Gasteiger partial charge in [-0.1, -0.05) is 6.07 Å². The van der Waals surface area contributed by atoms with Crippen LogP contribution in [0.1, 0.15) is 39.2 Å². The number of nitrogens with zero attached hydrogens (tertiary/aromatic N) is 1. The fourth-order valence-electron chi connectivity index (χ4n) is 3.76. The number of hydrogen-bond donors (Lipinski definition) is 1. The van der Waals surface area contributed by atoms with Crippen molar-refractivity contribution in [1.82, 2.24) is 4.90 Å². The van der Waals surface area contributed by atoms with Gasteiger partial charge in [-0.05, 0) is 58.7 Å². The summed E-state index contributed by atoms with van der Waals surface area (Å²) < 4.78 is 6.23. The maximum Gasteiger partial charge on any atom is 0.124 e. The summed E-state index contributed by atoms with van der Waals surface area (Å²) in [6, 6.07) is 6.94. The van der Waals surface area contributed by atoms with Gasteiger partial charge in [0.1, 0.15) is 12.4 Å². The molecule has 0 radical (unpaired) electrons. The van der Waals surface area contributed by atoms with Gasteiger partial charge in [-0.15, -0.1) is 0 Å². The van der Waals surface area contributed by atoms with E-state index in [0.717, 1.165) is 25.3 Å². The molecule has 0 spiro atoms. The molecule has 3 heteroatoms. The largest absolute Gasteiger partial charge is 0.491 e. The van der Waals surface area contributed by atoms with Crippen LogP contribution in [0.4, 0.5) is 5.69 Å². The van der Waals surface area contributed by atoms with Crippen LogP contribution in [0.15, 0.2) is 18.2 Å². The highest BCUT2D eigenvalue weighted by Crippen LogP contribution is 2.34. The Morgan fingerprint density at radius 2 is 2.25 bits per heavy atom. The Balaban J connectivity index is 1.72. The summed E-state index contributed by atoms with van der Waals surface area (Å²) in [7, 11) is 0. The van der Waals surface area contributed by atoms with E-state index in [4.69, 9.17) is 4.74 Å². The van der Waals surface area contributed by atoms with Gasteiger partial charge in [0.15, 0.2) is 0 Å². The van der Waals surface area contributed by atoms with Crippen molar-refractivity contribution >= 4 is 5.69 Å². The van der Waals surface area contributed by atoms with Gasteiger partial charge in [-0.25, -0.2) is 0 Å². The van der Waals surface area contributed by atoms with E-state index in [0.29, 0.717) is 6.04 Å². The molecule has 1 N–H and O–H groups in total. The van der Waals surface area contributed by atoms with Crippen molar-refractivity contribution < 1.29 is 4.74 Å². The molecule has 0 aromatic heterocycles. The summed E-state index contributed by atoms with van der Waals surface area (Å²) >= 11 is 0. The Morgan fingerprint density at radius 1 is 1.40 bits per heavy atom. The summed E-state index contributed by atoms with van der Waals surface area (Å²) in [5.41, 5.74) is 2.79. The summed E-state index contributed by atoms with van der Waals surface area (Å²) in [5.74, 6) is 1.07. The van der Waals surface area contributed by atoms with Crippen LogP contribution in [0, 0.1) is 0 Å². The molecule has 2 aliphatic rings. The molecule has 1 fully saturated rings. The molecule has 1 atom stereocenters. The number of anilines is 1. The van der Waals surface area contributed by atoms with Crippen molar-refractivity contribution in [2.24, 2.45) is 0 Å². The van der Waals surface area contributed by atoms with E-state index in [9.17, 15) is 0 Å². The highest BCUT2D eigenvalue weighted by molar-refractivity contribution is 5.61. The third-order valence-corrected chi connectivity index (χ3v) is 4.79. The van der Waals surface area contributed by atoms with Crippen LogP contribution in [0.3, 0.4) is 0 Å². The first-order valence-electron chi connectivity index (χ1n) is 7.85. The molecule has 1 aromatic rings. The first kappa shape index (κ1) is 13.7. The number of nitrogens with one attached hydrogen (secondary N) is 1. The predicted molar refractivity (Wildman–Crippen MR) is 83.6 cm³/mol. The molecule has 0 amide bonds. The minimum Gasteiger partial charge on any atom is -0.491 e. The second-order valence-corrected chi connectivity index (χ2v) is 6.64. The van der Waals surface area contributed by atoms with Gasteiger partial charge in [-0.2, -0.15) is 0 Å². The third-order valence-electron chi connectivity index (χ3n) is 4.79. The highest BCUT2D eigenvalue weighted by atomic mass is 16.5. The van der Waals surface area contributed by atoms with Crippen LogP contribution in [-0.2, 0) is 6.42 Å². The number of ether oxygens (including phenoxy) is 1. The molecule has 110 valence electrons. The van der Waals surface area contributed by atoms with Crippen molar-refractivity contribution in [1.29, 1.82) is 0 Å². The van der Waals surface area contributed by atoms with E-state index < -0.39 is 0 Å². The Bertz CT molecular complexity index is 486. The molecule has 3 nitrogen and oxygen atoms in total. The minimum atomic E-state index is 0.183. The fourth-order valence-corrected chi connectivity index (χ4v) is 3.76. The van der Waals surface area contributed by atoms with Gasteiger partial charge in [-0.3, -0.25) is 4.90 Å². The monoisotopic (exact) mass is 274 g/mol. The molecular formula is C17H26N2O. The lowest BCUT2D eigenvalue weighted by atomic mass is 9.99. The van der Waals surface area contributed by atoms with Gasteiger partial charge in [0, 0.05) is 23.8 Å². The first-order valence-corrected chi connectivity index (χ1v) is 7.85. The predicted octanol–water partition coefficient (Wildman–Crippen LogP) is 3.30. The van der Waals surface area contributed by atoms with Gasteiger partial charge >= 0.3 is 0 Å². The number of rotatable bonds is 4. The van der Waals surface area contributed by atoms with Crippen molar-refractivity contribution in [3.8, 4) is 5.75 Å². The smallest absolute Gasteiger partial charge is 0.124 e. The van der Waals surface area contributed by atoms with Crippen LogP contribution in [0.25, 0.3) is 0 Å². The van der Waals surface area contributed by atoms with E-state index in [1.54, 1.807) is 0 Å². The second kappa shape index (κ2) is 5.28. The fraction of sp³-hybridized carbons (Fsp3) is 0.647. The molecule has 0 aliphatic carbocycles. The zero-order valence-corrected chi connectivity index (χ0v) is 12.9. The molecular weight excluding hydrogens is 248 g/mol. The standard InChI is InChI=1S/C17H26N2O/c1-13(2)19-11-5-9-17(19,3)12-20-16-7-4-6-15-14(16)8-10-18-15/h4,6-7,13,18H,5,8-12H2,1-3H3. The van der Waals surface area contributed by atoms with Crippen molar-refractivity contribution in [3.05, 3.63) is 23.8 Å². The topological polar surface area (TPSA) is 24.5 Å². The van der Waals surface area contributed by atoms with Crippen LogP contribution >= 0.6 is 0 Å². The SMILES string of the molecule is CC(C)N1CCCC1(C)COc1cccc2c1CCN2. The third kappa shape index (κ3) is 2.39. The molecule has 2 aliphatic heterocycles. The summed E-state index contributed by atoms with van der Waals surface area (Å²) in [4.78, 5) is 2.59. The summed E-state index contributed by atoms with van der Waals surface area (Å²) in [5, 5.41) is 3.41.